The highest BCUT2D eigenvalue weighted by Gasteiger charge is 2.40. The third-order valence-corrected chi connectivity index (χ3v) is 6.33. The average Bonchev–Trinajstić information content (AvgIpc) is 3.09. The molecule has 5 rings (SSSR count). The number of piperidine rings is 3. The maximum Gasteiger partial charge on any atom is 0.280 e. The monoisotopic (exact) mass is 345 g/mol. The van der Waals surface area contributed by atoms with Crippen molar-refractivity contribution in [3.8, 4) is 10.4 Å². The third-order valence-electron chi connectivity index (χ3n) is 5.28. The van der Waals surface area contributed by atoms with E-state index in [1.54, 1.807) is 12.3 Å². The van der Waals surface area contributed by atoms with Crippen molar-refractivity contribution in [2.45, 2.75) is 31.8 Å². The molecule has 2 aromatic rings. The molecule has 24 heavy (non-hydrogen) atoms. The minimum Gasteiger partial charge on any atom is -0.345 e. The van der Waals surface area contributed by atoms with Gasteiger partial charge in [0.25, 0.3) is 5.91 Å². The molecule has 6 heteroatoms. The molecule has 3 fully saturated rings. The van der Waals surface area contributed by atoms with Crippen LogP contribution < -0.4 is 5.32 Å². The summed E-state index contributed by atoms with van der Waals surface area (Å²) in [6.45, 7) is 4.47. The van der Waals surface area contributed by atoms with E-state index in [0.29, 0.717) is 17.0 Å². The molecule has 1 amide bonds. The minimum absolute atomic E-state index is 0.117. The number of carbonyl (C=O) groups excluding carboxylic acids is 1. The molecule has 4 nitrogen and oxygen atoms in total. The predicted molar refractivity (Wildman–Crippen MR) is 92.5 cm³/mol. The van der Waals surface area contributed by atoms with Crippen LogP contribution in [0.15, 0.2) is 30.5 Å². The molecule has 3 saturated heterocycles. The van der Waals surface area contributed by atoms with Crippen LogP contribution in [0.25, 0.3) is 10.4 Å². The molecular weight excluding hydrogens is 325 g/mol. The number of nitrogens with zero attached hydrogens (tertiary/aromatic N) is 2. The van der Waals surface area contributed by atoms with Crippen LogP contribution in [-0.2, 0) is 0 Å². The number of amides is 1. The summed E-state index contributed by atoms with van der Waals surface area (Å²) in [5.74, 6) is 0.165. The van der Waals surface area contributed by atoms with Crippen molar-refractivity contribution in [2.24, 2.45) is 5.92 Å². The molecule has 0 spiro atoms. The van der Waals surface area contributed by atoms with Gasteiger partial charge in [0.1, 0.15) is 5.82 Å². The summed E-state index contributed by atoms with van der Waals surface area (Å²) >= 11 is 1.31. The number of nitrogens with one attached hydrogen (secondary N) is 1. The van der Waals surface area contributed by atoms with Gasteiger partial charge in [-0.2, -0.15) is 0 Å². The van der Waals surface area contributed by atoms with E-state index in [9.17, 15) is 9.18 Å². The molecule has 0 saturated carbocycles. The second kappa shape index (κ2) is 6.26. The first-order chi connectivity index (χ1) is 11.6. The van der Waals surface area contributed by atoms with Crippen LogP contribution in [0.5, 0.6) is 0 Å². The lowest BCUT2D eigenvalue weighted by molar-refractivity contribution is 0.0217. The number of hydrogen-bond acceptors (Lipinski definition) is 4. The molecule has 3 aliphatic rings. The van der Waals surface area contributed by atoms with Crippen molar-refractivity contribution < 1.29 is 9.18 Å². The maximum atomic E-state index is 13.4. The van der Waals surface area contributed by atoms with E-state index < -0.39 is 0 Å². The number of fused-ring (bicyclic) bond motifs is 3. The van der Waals surface area contributed by atoms with Gasteiger partial charge in [-0.3, -0.25) is 9.69 Å². The number of benzene rings is 1. The first kappa shape index (κ1) is 15.7. The van der Waals surface area contributed by atoms with E-state index in [0.717, 1.165) is 36.4 Å². The number of halogens is 1. The molecule has 3 aliphatic heterocycles. The molecule has 4 heterocycles. The molecule has 1 N–H and O–H groups in total. The zero-order chi connectivity index (χ0) is 16.7. The Balaban J connectivity index is 1.49. The first-order valence-corrected chi connectivity index (χ1v) is 9.20. The van der Waals surface area contributed by atoms with Gasteiger partial charge >= 0.3 is 0 Å². The average molecular weight is 345 g/mol. The van der Waals surface area contributed by atoms with E-state index in [1.807, 2.05) is 6.07 Å². The predicted octanol–water partition coefficient (Wildman–Crippen LogP) is 3.16. The topological polar surface area (TPSA) is 45.2 Å². The molecule has 0 radical (unpaired) electrons. The van der Waals surface area contributed by atoms with Crippen LogP contribution in [-0.4, -0.2) is 41.0 Å². The summed E-state index contributed by atoms with van der Waals surface area (Å²) in [5.41, 5.74) is 0.753. The number of thiazole rings is 1. The van der Waals surface area contributed by atoms with Gasteiger partial charge in [-0.05, 0) is 56.5 Å². The van der Waals surface area contributed by atoms with Gasteiger partial charge in [-0.1, -0.05) is 12.1 Å². The number of hydrogen-bond donors (Lipinski definition) is 1. The van der Waals surface area contributed by atoms with Crippen molar-refractivity contribution >= 4 is 17.2 Å². The maximum absolute atomic E-state index is 13.4. The van der Waals surface area contributed by atoms with Crippen molar-refractivity contribution in [2.75, 3.05) is 13.1 Å². The summed E-state index contributed by atoms with van der Waals surface area (Å²) in [5, 5.41) is 3.63. The Morgan fingerprint density at radius 1 is 1.38 bits per heavy atom. The molecule has 126 valence electrons. The molecule has 1 aromatic carbocycles. The van der Waals surface area contributed by atoms with Gasteiger partial charge in [0.05, 0.1) is 4.88 Å². The fraction of sp³-hybridized carbons (Fsp3) is 0.444. The van der Waals surface area contributed by atoms with Gasteiger partial charge in [0.2, 0.25) is 0 Å². The lowest BCUT2D eigenvalue weighted by atomic mass is 9.79. The van der Waals surface area contributed by atoms with Gasteiger partial charge in [-0.15, -0.1) is 11.3 Å². The zero-order valence-corrected chi connectivity index (χ0v) is 14.4. The molecule has 2 bridgehead atoms. The highest BCUT2D eigenvalue weighted by molar-refractivity contribution is 7.16. The zero-order valence-electron chi connectivity index (χ0n) is 13.5. The Morgan fingerprint density at radius 3 is 2.88 bits per heavy atom. The summed E-state index contributed by atoms with van der Waals surface area (Å²) in [6.07, 6.45) is 3.96. The summed E-state index contributed by atoms with van der Waals surface area (Å²) in [4.78, 5) is 20.1. The Kier molecular flexibility index (Phi) is 4.10. The van der Waals surface area contributed by atoms with Crippen LogP contribution >= 0.6 is 11.3 Å². The second-order valence-electron chi connectivity index (χ2n) is 6.65. The lowest BCUT2D eigenvalue weighted by Crippen LogP contribution is -2.62. The SMILES string of the molecule is CC1C(NC(=O)c2ncc(-c3cccc(F)c3)s2)C2CCN1CC2. The molecule has 0 aliphatic carbocycles. The van der Waals surface area contributed by atoms with Crippen molar-refractivity contribution in [1.29, 1.82) is 0 Å². The van der Waals surface area contributed by atoms with Crippen molar-refractivity contribution in [3.05, 3.63) is 41.3 Å². The quantitative estimate of drug-likeness (QED) is 0.929. The van der Waals surface area contributed by atoms with Gasteiger partial charge < -0.3 is 5.32 Å². The van der Waals surface area contributed by atoms with E-state index >= 15 is 0 Å². The van der Waals surface area contributed by atoms with E-state index in [4.69, 9.17) is 0 Å². The van der Waals surface area contributed by atoms with Crippen LogP contribution in [0.4, 0.5) is 4.39 Å². The Hall–Kier alpha value is -1.79. The first-order valence-electron chi connectivity index (χ1n) is 8.38. The molecule has 1 aromatic heterocycles. The van der Waals surface area contributed by atoms with Crippen LogP contribution in [0.1, 0.15) is 29.6 Å². The fourth-order valence-corrected chi connectivity index (χ4v) is 4.73. The van der Waals surface area contributed by atoms with Gasteiger partial charge in [0.15, 0.2) is 5.01 Å². The smallest absolute Gasteiger partial charge is 0.280 e. The molecule has 2 atom stereocenters. The highest BCUT2D eigenvalue weighted by Crippen LogP contribution is 2.33. The standard InChI is InChI=1S/C18H20FN3OS/c1-11-16(12-5-7-22(11)8-6-12)21-17(23)18-20-10-15(24-18)13-3-2-4-14(19)9-13/h2-4,9-12,16H,5-8H2,1H3,(H,21,23). The Morgan fingerprint density at radius 2 is 2.17 bits per heavy atom. The largest absolute Gasteiger partial charge is 0.345 e. The second-order valence-corrected chi connectivity index (χ2v) is 7.68. The molecular formula is C18H20FN3OS. The van der Waals surface area contributed by atoms with Crippen LogP contribution in [0.3, 0.4) is 0 Å². The Bertz CT molecular complexity index is 752. The van der Waals surface area contributed by atoms with Gasteiger partial charge in [-0.25, -0.2) is 9.37 Å². The Labute approximate surface area is 144 Å². The number of aromatic nitrogens is 1. The van der Waals surface area contributed by atoms with E-state index in [-0.39, 0.29) is 17.8 Å². The fourth-order valence-electron chi connectivity index (χ4n) is 3.91. The lowest BCUT2D eigenvalue weighted by Gasteiger charge is -2.49. The van der Waals surface area contributed by atoms with Crippen molar-refractivity contribution in [3.63, 3.8) is 0 Å². The summed E-state index contributed by atoms with van der Waals surface area (Å²) in [6, 6.07) is 6.94. The molecule has 2 unspecified atom stereocenters. The van der Waals surface area contributed by atoms with E-state index in [2.05, 4.69) is 22.1 Å². The van der Waals surface area contributed by atoms with E-state index in [1.165, 1.54) is 23.5 Å². The van der Waals surface area contributed by atoms with Crippen molar-refractivity contribution in [1.82, 2.24) is 15.2 Å². The van der Waals surface area contributed by atoms with Crippen LogP contribution in [0, 0.1) is 11.7 Å². The number of carbonyl (C=O) groups is 1. The minimum atomic E-state index is -0.284. The van der Waals surface area contributed by atoms with Crippen LogP contribution in [0.2, 0.25) is 0 Å². The van der Waals surface area contributed by atoms with Gasteiger partial charge in [0, 0.05) is 18.3 Å². The third kappa shape index (κ3) is 2.84. The summed E-state index contributed by atoms with van der Waals surface area (Å²) in [7, 11) is 0. The number of rotatable bonds is 3. The normalized spacial score (nSPS) is 28.8. The summed E-state index contributed by atoms with van der Waals surface area (Å²) < 4.78 is 13.4. The highest BCUT2D eigenvalue weighted by atomic mass is 32.1.